The highest BCUT2D eigenvalue weighted by Crippen LogP contribution is 2.32. The minimum absolute atomic E-state index is 0.232. The molecule has 0 spiro atoms. The molecule has 6 heteroatoms. The van der Waals surface area contributed by atoms with E-state index in [4.69, 9.17) is 9.47 Å². The Morgan fingerprint density at radius 2 is 2.00 bits per heavy atom. The average molecular weight is 349 g/mol. The zero-order valence-corrected chi connectivity index (χ0v) is 12.7. The van der Waals surface area contributed by atoms with Crippen LogP contribution in [0.1, 0.15) is 16.8 Å². The minimum atomic E-state index is -0.232. The lowest BCUT2D eigenvalue weighted by atomic mass is 10.2. The standard InChI is InChI=1S/C15H13BrN2O3/c16-14-11(3-1-6-17-14)15(19)18-10-4-5-12-13(9-10)21-8-2-7-20-12/h1,3-6,9H,2,7-8H2,(H,18,19). The van der Waals surface area contributed by atoms with Crippen molar-refractivity contribution in [3.63, 3.8) is 0 Å². The van der Waals surface area contributed by atoms with Gasteiger partial charge in [0.2, 0.25) is 0 Å². The van der Waals surface area contributed by atoms with Crippen LogP contribution in [0.4, 0.5) is 5.69 Å². The van der Waals surface area contributed by atoms with E-state index in [2.05, 4.69) is 26.2 Å². The Balaban J connectivity index is 1.81. The molecule has 0 fully saturated rings. The van der Waals surface area contributed by atoms with Crippen LogP contribution in [0.15, 0.2) is 41.1 Å². The Hall–Kier alpha value is -2.08. The van der Waals surface area contributed by atoms with Gasteiger partial charge in [0.15, 0.2) is 11.5 Å². The van der Waals surface area contributed by atoms with Crippen LogP contribution in [0.5, 0.6) is 11.5 Å². The molecule has 1 amide bonds. The molecule has 2 heterocycles. The highest BCUT2D eigenvalue weighted by Gasteiger charge is 2.14. The zero-order valence-electron chi connectivity index (χ0n) is 11.1. The van der Waals surface area contributed by atoms with Gasteiger partial charge in [-0.3, -0.25) is 4.79 Å². The number of carbonyl (C=O) groups is 1. The number of pyridine rings is 1. The molecule has 5 nitrogen and oxygen atoms in total. The van der Waals surface area contributed by atoms with Gasteiger partial charge < -0.3 is 14.8 Å². The van der Waals surface area contributed by atoms with E-state index in [9.17, 15) is 4.79 Å². The van der Waals surface area contributed by atoms with Crippen molar-refractivity contribution in [3.8, 4) is 11.5 Å². The molecule has 1 aromatic heterocycles. The fraction of sp³-hybridized carbons (Fsp3) is 0.200. The molecular formula is C15H13BrN2O3. The normalized spacial score (nSPS) is 13.4. The van der Waals surface area contributed by atoms with Crippen LogP contribution in [-0.4, -0.2) is 24.1 Å². The Morgan fingerprint density at radius 1 is 1.19 bits per heavy atom. The van der Waals surface area contributed by atoms with Crippen molar-refractivity contribution in [1.82, 2.24) is 4.98 Å². The van der Waals surface area contributed by atoms with E-state index in [-0.39, 0.29) is 5.91 Å². The van der Waals surface area contributed by atoms with Gasteiger partial charge in [-0.2, -0.15) is 0 Å². The van der Waals surface area contributed by atoms with Crippen molar-refractivity contribution >= 4 is 27.5 Å². The van der Waals surface area contributed by atoms with Crippen LogP contribution >= 0.6 is 15.9 Å². The molecule has 0 saturated carbocycles. The highest BCUT2D eigenvalue weighted by atomic mass is 79.9. The van der Waals surface area contributed by atoms with Crippen LogP contribution < -0.4 is 14.8 Å². The Kier molecular flexibility index (Phi) is 4.06. The van der Waals surface area contributed by atoms with Crippen molar-refractivity contribution < 1.29 is 14.3 Å². The monoisotopic (exact) mass is 348 g/mol. The lowest BCUT2D eigenvalue weighted by Crippen LogP contribution is -2.13. The van der Waals surface area contributed by atoms with Crippen LogP contribution in [0.25, 0.3) is 0 Å². The van der Waals surface area contributed by atoms with E-state index in [0.29, 0.717) is 40.6 Å². The van der Waals surface area contributed by atoms with Gasteiger partial charge in [-0.15, -0.1) is 0 Å². The summed E-state index contributed by atoms with van der Waals surface area (Å²) in [5, 5.41) is 2.83. The van der Waals surface area contributed by atoms with Crippen LogP contribution in [0, 0.1) is 0 Å². The lowest BCUT2D eigenvalue weighted by Gasteiger charge is -2.10. The van der Waals surface area contributed by atoms with Crippen molar-refractivity contribution in [1.29, 1.82) is 0 Å². The number of ether oxygens (including phenoxy) is 2. The summed E-state index contributed by atoms with van der Waals surface area (Å²) in [6.45, 7) is 1.25. The Bertz CT molecular complexity index is 676. The number of fused-ring (bicyclic) bond motifs is 1. The van der Waals surface area contributed by atoms with E-state index in [0.717, 1.165) is 6.42 Å². The zero-order chi connectivity index (χ0) is 14.7. The van der Waals surface area contributed by atoms with Gasteiger partial charge in [0, 0.05) is 24.4 Å². The maximum Gasteiger partial charge on any atom is 0.258 e. The predicted molar refractivity (Wildman–Crippen MR) is 81.9 cm³/mol. The third-order valence-corrected chi connectivity index (χ3v) is 3.64. The number of nitrogens with one attached hydrogen (secondary N) is 1. The summed E-state index contributed by atoms with van der Waals surface area (Å²) < 4.78 is 11.7. The third kappa shape index (κ3) is 3.16. The largest absolute Gasteiger partial charge is 0.490 e. The second kappa shape index (κ2) is 6.13. The van der Waals surface area contributed by atoms with E-state index < -0.39 is 0 Å². The summed E-state index contributed by atoms with van der Waals surface area (Å²) in [6, 6.07) is 8.77. The number of rotatable bonds is 2. The van der Waals surface area contributed by atoms with Crippen molar-refractivity contribution in [2.24, 2.45) is 0 Å². The molecule has 3 rings (SSSR count). The van der Waals surface area contributed by atoms with Gasteiger partial charge in [0.1, 0.15) is 4.60 Å². The van der Waals surface area contributed by atoms with Gasteiger partial charge in [-0.1, -0.05) is 0 Å². The molecule has 0 bridgehead atoms. The van der Waals surface area contributed by atoms with Gasteiger partial charge in [-0.25, -0.2) is 4.98 Å². The number of aromatic nitrogens is 1. The summed E-state index contributed by atoms with van der Waals surface area (Å²) in [7, 11) is 0. The lowest BCUT2D eigenvalue weighted by molar-refractivity contribution is 0.102. The molecule has 1 N–H and O–H groups in total. The number of amides is 1. The maximum absolute atomic E-state index is 12.2. The molecule has 1 aromatic carbocycles. The number of nitrogens with zero attached hydrogens (tertiary/aromatic N) is 1. The van der Waals surface area contributed by atoms with E-state index in [1.807, 2.05) is 0 Å². The number of anilines is 1. The van der Waals surface area contributed by atoms with Gasteiger partial charge in [0.05, 0.1) is 18.8 Å². The maximum atomic E-state index is 12.2. The van der Waals surface area contributed by atoms with Gasteiger partial charge in [0.25, 0.3) is 5.91 Å². The van der Waals surface area contributed by atoms with Crippen LogP contribution in [-0.2, 0) is 0 Å². The van der Waals surface area contributed by atoms with Crippen LogP contribution in [0.2, 0.25) is 0 Å². The van der Waals surface area contributed by atoms with E-state index >= 15 is 0 Å². The first-order valence-corrected chi connectivity index (χ1v) is 7.35. The summed E-state index contributed by atoms with van der Waals surface area (Å²) in [4.78, 5) is 16.3. The first kappa shape index (κ1) is 13.9. The smallest absolute Gasteiger partial charge is 0.258 e. The number of carbonyl (C=O) groups excluding carboxylic acids is 1. The number of hydrogen-bond acceptors (Lipinski definition) is 4. The third-order valence-electron chi connectivity index (χ3n) is 3.01. The molecule has 108 valence electrons. The molecule has 0 aliphatic carbocycles. The molecule has 0 unspecified atom stereocenters. The number of benzene rings is 1. The summed E-state index contributed by atoms with van der Waals surface area (Å²) in [5.74, 6) is 1.12. The van der Waals surface area contributed by atoms with Crippen molar-refractivity contribution in [2.45, 2.75) is 6.42 Å². The number of hydrogen-bond donors (Lipinski definition) is 1. The molecule has 0 atom stereocenters. The highest BCUT2D eigenvalue weighted by molar-refractivity contribution is 9.10. The molecular weight excluding hydrogens is 336 g/mol. The summed E-state index contributed by atoms with van der Waals surface area (Å²) in [6.07, 6.45) is 2.47. The molecule has 0 radical (unpaired) electrons. The molecule has 21 heavy (non-hydrogen) atoms. The Labute approximate surface area is 130 Å². The average Bonchev–Trinajstić information content (AvgIpc) is 2.72. The first-order chi connectivity index (χ1) is 10.2. The van der Waals surface area contributed by atoms with E-state index in [1.165, 1.54) is 0 Å². The number of halogens is 1. The van der Waals surface area contributed by atoms with Gasteiger partial charge >= 0.3 is 0 Å². The minimum Gasteiger partial charge on any atom is -0.490 e. The molecule has 1 aliphatic heterocycles. The second-order valence-corrected chi connectivity index (χ2v) is 5.26. The van der Waals surface area contributed by atoms with Crippen molar-refractivity contribution in [2.75, 3.05) is 18.5 Å². The predicted octanol–water partition coefficient (Wildman–Crippen LogP) is 3.26. The summed E-state index contributed by atoms with van der Waals surface area (Å²) in [5.41, 5.74) is 1.13. The fourth-order valence-electron chi connectivity index (χ4n) is 1.99. The van der Waals surface area contributed by atoms with Crippen molar-refractivity contribution in [3.05, 3.63) is 46.7 Å². The van der Waals surface area contributed by atoms with E-state index in [1.54, 1.807) is 36.5 Å². The Morgan fingerprint density at radius 3 is 2.81 bits per heavy atom. The summed E-state index contributed by atoms with van der Waals surface area (Å²) >= 11 is 3.26. The topological polar surface area (TPSA) is 60.5 Å². The molecule has 0 saturated heterocycles. The SMILES string of the molecule is O=C(Nc1ccc2c(c1)OCCCO2)c1cccnc1Br. The fourth-order valence-corrected chi connectivity index (χ4v) is 2.43. The molecule has 2 aromatic rings. The quantitative estimate of drug-likeness (QED) is 0.846. The second-order valence-electron chi connectivity index (χ2n) is 4.51. The van der Waals surface area contributed by atoms with Crippen LogP contribution in [0.3, 0.4) is 0 Å². The van der Waals surface area contributed by atoms with Gasteiger partial charge in [-0.05, 0) is 40.2 Å². The first-order valence-electron chi connectivity index (χ1n) is 6.55. The molecule has 1 aliphatic rings.